The Bertz CT molecular complexity index is 878. The van der Waals surface area contributed by atoms with Crippen LogP contribution in [0.1, 0.15) is 49.4 Å². The van der Waals surface area contributed by atoms with Gasteiger partial charge in [0.25, 0.3) is 5.91 Å². The Morgan fingerprint density at radius 3 is 2.33 bits per heavy atom. The molecular formula is C25H34N2O3. The molecule has 5 nitrogen and oxygen atoms in total. The molecule has 0 aliphatic carbocycles. The summed E-state index contributed by atoms with van der Waals surface area (Å²) in [6, 6.07) is 13.1. The second-order valence-electron chi connectivity index (χ2n) is 7.93. The van der Waals surface area contributed by atoms with Crippen LogP contribution in [-0.2, 0) is 16.1 Å². The van der Waals surface area contributed by atoms with Gasteiger partial charge in [0.15, 0.2) is 6.61 Å². The Hall–Kier alpha value is -2.82. The van der Waals surface area contributed by atoms with Gasteiger partial charge in [0.05, 0.1) is 0 Å². The smallest absolute Gasteiger partial charge is 0.261 e. The van der Waals surface area contributed by atoms with E-state index in [-0.39, 0.29) is 24.5 Å². The molecule has 0 aliphatic heterocycles. The number of ether oxygens (including phenoxy) is 1. The molecule has 0 bridgehead atoms. The molecule has 2 aromatic rings. The van der Waals surface area contributed by atoms with Gasteiger partial charge in [-0.25, -0.2) is 0 Å². The van der Waals surface area contributed by atoms with Crippen molar-refractivity contribution in [1.29, 1.82) is 0 Å². The number of hydrogen-bond acceptors (Lipinski definition) is 3. The van der Waals surface area contributed by atoms with Gasteiger partial charge in [-0.15, -0.1) is 0 Å². The number of nitrogens with one attached hydrogen (secondary N) is 1. The summed E-state index contributed by atoms with van der Waals surface area (Å²) < 4.78 is 5.84. The van der Waals surface area contributed by atoms with E-state index in [1.54, 1.807) is 11.8 Å². The van der Waals surface area contributed by atoms with E-state index in [0.29, 0.717) is 12.3 Å². The van der Waals surface area contributed by atoms with Gasteiger partial charge in [-0.2, -0.15) is 0 Å². The lowest BCUT2D eigenvalue weighted by Crippen LogP contribution is -2.50. The van der Waals surface area contributed by atoms with Gasteiger partial charge >= 0.3 is 0 Å². The SMILES string of the molecule is CC[C@H](C)NC(=O)[C@H](C)N(Cc1ccccc1C)C(=O)COc1cccc(C)c1C. The van der Waals surface area contributed by atoms with Gasteiger partial charge in [0.1, 0.15) is 11.8 Å². The summed E-state index contributed by atoms with van der Waals surface area (Å²) in [6.07, 6.45) is 0.833. The van der Waals surface area contributed by atoms with E-state index in [0.717, 1.165) is 28.7 Å². The van der Waals surface area contributed by atoms with Crippen molar-refractivity contribution in [3.8, 4) is 5.75 Å². The van der Waals surface area contributed by atoms with Crippen LogP contribution in [0, 0.1) is 20.8 Å². The number of rotatable bonds is 9. The van der Waals surface area contributed by atoms with Crippen LogP contribution in [0.15, 0.2) is 42.5 Å². The monoisotopic (exact) mass is 410 g/mol. The fourth-order valence-corrected chi connectivity index (χ4v) is 3.12. The highest BCUT2D eigenvalue weighted by Gasteiger charge is 2.27. The van der Waals surface area contributed by atoms with Crippen molar-refractivity contribution in [2.45, 2.75) is 66.6 Å². The number of carbonyl (C=O) groups excluding carboxylic acids is 2. The topological polar surface area (TPSA) is 58.6 Å². The van der Waals surface area contributed by atoms with E-state index >= 15 is 0 Å². The molecule has 0 radical (unpaired) electrons. The maximum absolute atomic E-state index is 13.2. The fourth-order valence-electron chi connectivity index (χ4n) is 3.12. The zero-order valence-corrected chi connectivity index (χ0v) is 19.0. The zero-order valence-electron chi connectivity index (χ0n) is 19.0. The van der Waals surface area contributed by atoms with E-state index < -0.39 is 6.04 Å². The average Bonchev–Trinajstić information content (AvgIpc) is 2.73. The Kier molecular flexibility index (Phi) is 8.46. The van der Waals surface area contributed by atoms with Crippen LogP contribution < -0.4 is 10.1 Å². The molecule has 0 saturated heterocycles. The second-order valence-corrected chi connectivity index (χ2v) is 7.93. The van der Waals surface area contributed by atoms with E-state index in [2.05, 4.69) is 5.32 Å². The van der Waals surface area contributed by atoms with Crippen molar-refractivity contribution in [2.24, 2.45) is 0 Å². The first kappa shape index (κ1) is 23.5. The van der Waals surface area contributed by atoms with Crippen LogP contribution in [0.5, 0.6) is 5.75 Å². The van der Waals surface area contributed by atoms with E-state index in [9.17, 15) is 9.59 Å². The molecule has 2 amide bonds. The Morgan fingerprint density at radius 1 is 1.00 bits per heavy atom. The molecule has 0 aromatic heterocycles. The third-order valence-corrected chi connectivity index (χ3v) is 5.68. The molecule has 0 heterocycles. The predicted octanol–water partition coefficient (Wildman–Crippen LogP) is 4.32. The minimum atomic E-state index is -0.603. The lowest BCUT2D eigenvalue weighted by molar-refractivity contribution is -0.142. The standard InChI is InChI=1S/C25H34N2O3/c1-7-19(4)26-25(29)21(6)27(15-22-13-9-8-11-18(22)3)24(28)16-30-23-14-10-12-17(2)20(23)5/h8-14,19,21H,7,15-16H2,1-6H3,(H,26,29)/t19-,21-/m0/s1. The van der Waals surface area contributed by atoms with E-state index in [1.807, 2.05) is 77.1 Å². The fraction of sp³-hybridized carbons (Fsp3) is 0.440. The highest BCUT2D eigenvalue weighted by Crippen LogP contribution is 2.21. The van der Waals surface area contributed by atoms with Gasteiger partial charge < -0.3 is 15.0 Å². The molecule has 0 spiro atoms. The Morgan fingerprint density at radius 2 is 1.67 bits per heavy atom. The number of carbonyl (C=O) groups is 2. The van der Waals surface area contributed by atoms with Crippen molar-refractivity contribution in [1.82, 2.24) is 10.2 Å². The quantitative estimate of drug-likeness (QED) is 0.670. The van der Waals surface area contributed by atoms with Crippen LogP contribution in [0.2, 0.25) is 0 Å². The van der Waals surface area contributed by atoms with Crippen molar-refractivity contribution in [3.05, 3.63) is 64.7 Å². The summed E-state index contributed by atoms with van der Waals surface area (Å²) in [7, 11) is 0. The maximum Gasteiger partial charge on any atom is 0.261 e. The summed E-state index contributed by atoms with van der Waals surface area (Å²) >= 11 is 0. The van der Waals surface area contributed by atoms with Gasteiger partial charge in [-0.3, -0.25) is 9.59 Å². The third kappa shape index (κ3) is 6.09. The van der Waals surface area contributed by atoms with Gasteiger partial charge in [0, 0.05) is 12.6 Å². The average molecular weight is 411 g/mol. The zero-order chi connectivity index (χ0) is 22.3. The molecule has 2 aromatic carbocycles. The van der Waals surface area contributed by atoms with Crippen molar-refractivity contribution < 1.29 is 14.3 Å². The minimum absolute atomic E-state index is 0.0570. The number of benzene rings is 2. The molecule has 30 heavy (non-hydrogen) atoms. The number of amides is 2. The number of aryl methyl sites for hydroxylation is 2. The van der Waals surface area contributed by atoms with Gasteiger partial charge in [-0.1, -0.05) is 43.3 Å². The van der Waals surface area contributed by atoms with Gasteiger partial charge in [-0.05, 0) is 69.4 Å². The molecule has 0 unspecified atom stereocenters. The van der Waals surface area contributed by atoms with Crippen LogP contribution in [0.3, 0.4) is 0 Å². The van der Waals surface area contributed by atoms with Crippen LogP contribution in [0.4, 0.5) is 0 Å². The number of hydrogen-bond donors (Lipinski definition) is 1. The van der Waals surface area contributed by atoms with E-state index in [4.69, 9.17) is 4.74 Å². The summed E-state index contributed by atoms with van der Waals surface area (Å²) in [5.41, 5.74) is 4.22. The Labute approximate surface area is 180 Å². The lowest BCUT2D eigenvalue weighted by Gasteiger charge is -2.30. The van der Waals surface area contributed by atoms with Crippen molar-refractivity contribution in [3.63, 3.8) is 0 Å². The largest absolute Gasteiger partial charge is 0.483 e. The first-order chi connectivity index (χ1) is 14.2. The summed E-state index contributed by atoms with van der Waals surface area (Å²) in [6.45, 7) is 12.0. The molecule has 2 rings (SSSR count). The minimum Gasteiger partial charge on any atom is -0.483 e. The normalized spacial score (nSPS) is 12.7. The van der Waals surface area contributed by atoms with E-state index in [1.165, 1.54) is 0 Å². The van der Waals surface area contributed by atoms with Crippen LogP contribution in [-0.4, -0.2) is 35.4 Å². The molecule has 5 heteroatoms. The lowest BCUT2D eigenvalue weighted by atomic mass is 10.1. The molecular weight excluding hydrogens is 376 g/mol. The van der Waals surface area contributed by atoms with Crippen LogP contribution >= 0.6 is 0 Å². The molecule has 1 N–H and O–H groups in total. The third-order valence-electron chi connectivity index (χ3n) is 5.68. The highest BCUT2D eigenvalue weighted by molar-refractivity contribution is 5.88. The molecule has 2 atom stereocenters. The maximum atomic E-state index is 13.2. The molecule has 162 valence electrons. The van der Waals surface area contributed by atoms with Crippen LogP contribution in [0.25, 0.3) is 0 Å². The van der Waals surface area contributed by atoms with Crippen molar-refractivity contribution >= 4 is 11.8 Å². The first-order valence-corrected chi connectivity index (χ1v) is 10.6. The molecule has 0 aliphatic rings. The van der Waals surface area contributed by atoms with Gasteiger partial charge in [0.2, 0.25) is 5.91 Å². The molecule has 0 fully saturated rings. The van der Waals surface area contributed by atoms with Crippen molar-refractivity contribution in [2.75, 3.05) is 6.61 Å². The first-order valence-electron chi connectivity index (χ1n) is 10.6. The molecule has 0 saturated carbocycles. The second kappa shape index (κ2) is 10.8. The number of nitrogens with zero attached hydrogens (tertiary/aromatic N) is 1. The Balaban J connectivity index is 2.20. The summed E-state index contributed by atoms with van der Waals surface area (Å²) in [5.74, 6) is 0.319. The highest BCUT2D eigenvalue weighted by atomic mass is 16.5. The summed E-state index contributed by atoms with van der Waals surface area (Å²) in [4.78, 5) is 27.5. The predicted molar refractivity (Wildman–Crippen MR) is 120 cm³/mol. The summed E-state index contributed by atoms with van der Waals surface area (Å²) in [5, 5.41) is 2.98.